The number of aromatic nitrogens is 1. The van der Waals surface area contributed by atoms with Crippen LogP contribution in [0, 0.1) is 6.92 Å². The largest absolute Gasteiger partial charge is 0.496 e. The summed E-state index contributed by atoms with van der Waals surface area (Å²) in [5.41, 5.74) is 4.64. The highest BCUT2D eigenvalue weighted by molar-refractivity contribution is 8.26. The van der Waals surface area contributed by atoms with Crippen molar-refractivity contribution in [3.8, 4) is 17.0 Å². The zero-order chi connectivity index (χ0) is 19.0. The molecule has 3 aromatic rings. The van der Waals surface area contributed by atoms with Crippen LogP contribution in [0.4, 0.5) is 0 Å². The number of methoxy groups -OCH3 is 1. The highest BCUT2D eigenvalue weighted by atomic mass is 32.2. The number of thioether (sulfide) groups is 1. The number of amides is 1. The lowest BCUT2D eigenvalue weighted by molar-refractivity contribution is -0.115. The molecule has 1 saturated heterocycles. The van der Waals surface area contributed by atoms with Crippen LogP contribution in [0.25, 0.3) is 28.2 Å². The molecule has 1 aliphatic rings. The van der Waals surface area contributed by atoms with Gasteiger partial charge in [0.25, 0.3) is 5.91 Å². The van der Waals surface area contributed by atoms with Crippen LogP contribution in [-0.4, -0.2) is 22.3 Å². The van der Waals surface area contributed by atoms with Gasteiger partial charge >= 0.3 is 0 Å². The predicted molar refractivity (Wildman–Crippen MR) is 115 cm³/mol. The second kappa shape index (κ2) is 7.13. The fourth-order valence-electron chi connectivity index (χ4n) is 3.07. The van der Waals surface area contributed by atoms with Crippen molar-refractivity contribution >= 4 is 51.2 Å². The second-order valence-electron chi connectivity index (χ2n) is 6.16. The Morgan fingerprint density at radius 3 is 2.74 bits per heavy atom. The number of carbonyl (C=O) groups is 1. The van der Waals surface area contributed by atoms with E-state index < -0.39 is 0 Å². The Morgan fingerprint density at radius 1 is 1.19 bits per heavy atom. The number of hydrogen-bond donors (Lipinski definition) is 1. The third-order valence-electron chi connectivity index (χ3n) is 4.33. The van der Waals surface area contributed by atoms with Gasteiger partial charge in [0, 0.05) is 10.9 Å². The summed E-state index contributed by atoms with van der Waals surface area (Å²) in [6, 6.07) is 16.0. The van der Waals surface area contributed by atoms with E-state index in [1.54, 1.807) is 7.11 Å². The van der Waals surface area contributed by atoms with Gasteiger partial charge in [-0.1, -0.05) is 48.2 Å². The normalized spacial score (nSPS) is 15.4. The van der Waals surface area contributed by atoms with E-state index in [2.05, 4.69) is 17.4 Å². The van der Waals surface area contributed by atoms with Crippen molar-refractivity contribution in [1.82, 2.24) is 10.3 Å². The van der Waals surface area contributed by atoms with Crippen LogP contribution in [0.3, 0.4) is 0 Å². The Labute approximate surface area is 166 Å². The molecule has 4 rings (SSSR count). The Bertz CT molecular complexity index is 1120. The lowest BCUT2D eigenvalue weighted by Crippen LogP contribution is -2.17. The summed E-state index contributed by atoms with van der Waals surface area (Å²) < 4.78 is 6.04. The number of ether oxygens (including phenoxy) is 1. The molecule has 0 aliphatic carbocycles. The van der Waals surface area contributed by atoms with Crippen LogP contribution in [-0.2, 0) is 4.79 Å². The quantitative estimate of drug-likeness (QED) is 0.517. The summed E-state index contributed by atoms with van der Waals surface area (Å²) in [6.45, 7) is 2.04. The average molecular weight is 393 g/mol. The minimum absolute atomic E-state index is 0.164. The Balaban J connectivity index is 1.85. The van der Waals surface area contributed by atoms with Crippen molar-refractivity contribution in [2.45, 2.75) is 6.92 Å². The van der Waals surface area contributed by atoms with Gasteiger partial charge in [-0.05, 0) is 48.4 Å². The van der Waals surface area contributed by atoms with Crippen LogP contribution in [0.5, 0.6) is 5.75 Å². The maximum atomic E-state index is 11.9. The molecule has 6 heteroatoms. The van der Waals surface area contributed by atoms with E-state index in [1.165, 1.54) is 11.8 Å². The molecule has 0 radical (unpaired) electrons. The molecule has 1 N–H and O–H groups in total. The Hall–Kier alpha value is -2.70. The summed E-state index contributed by atoms with van der Waals surface area (Å²) >= 11 is 6.32. The monoisotopic (exact) mass is 392 g/mol. The Kier molecular flexibility index (Phi) is 4.68. The number of para-hydroxylation sites is 1. The number of nitrogens with zero attached hydrogens (tertiary/aromatic N) is 1. The van der Waals surface area contributed by atoms with Crippen molar-refractivity contribution in [3.63, 3.8) is 0 Å². The van der Waals surface area contributed by atoms with E-state index in [0.717, 1.165) is 39.0 Å². The number of carbonyl (C=O) groups excluding carboxylic acids is 1. The van der Waals surface area contributed by atoms with Crippen molar-refractivity contribution in [2.75, 3.05) is 7.11 Å². The van der Waals surface area contributed by atoms with E-state index in [1.807, 2.05) is 49.4 Å². The topological polar surface area (TPSA) is 51.2 Å². The number of rotatable bonds is 3. The summed E-state index contributed by atoms with van der Waals surface area (Å²) in [6.07, 6.45) is 1.83. The van der Waals surface area contributed by atoms with Crippen LogP contribution >= 0.6 is 24.0 Å². The van der Waals surface area contributed by atoms with Crippen molar-refractivity contribution in [3.05, 3.63) is 64.6 Å². The number of hydrogen-bond acceptors (Lipinski definition) is 5. The van der Waals surface area contributed by atoms with Gasteiger partial charge in [-0.25, -0.2) is 4.98 Å². The van der Waals surface area contributed by atoms with Gasteiger partial charge in [-0.15, -0.1) is 0 Å². The van der Waals surface area contributed by atoms with E-state index >= 15 is 0 Å². The molecule has 1 aromatic heterocycles. The van der Waals surface area contributed by atoms with E-state index in [9.17, 15) is 4.79 Å². The van der Waals surface area contributed by atoms with Crippen LogP contribution in [0.15, 0.2) is 53.4 Å². The van der Waals surface area contributed by atoms with Crippen LogP contribution in [0.2, 0.25) is 0 Å². The van der Waals surface area contributed by atoms with Gasteiger partial charge in [-0.3, -0.25) is 4.79 Å². The smallest absolute Gasteiger partial charge is 0.263 e. The molecule has 2 aromatic carbocycles. The fraction of sp³-hybridized carbons (Fsp3) is 0.0952. The first kappa shape index (κ1) is 17.7. The number of pyridine rings is 1. The molecule has 1 amide bonds. The lowest BCUT2D eigenvalue weighted by Gasteiger charge is -2.12. The maximum Gasteiger partial charge on any atom is 0.263 e. The van der Waals surface area contributed by atoms with Gasteiger partial charge in [-0.2, -0.15) is 0 Å². The average Bonchev–Trinajstić information content (AvgIpc) is 2.98. The second-order valence-corrected chi connectivity index (χ2v) is 7.88. The minimum atomic E-state index is -0.164. The third-order valence-corrected chi connectivity index (χ3v) is 5.50. The van der Waals surface area contributed by atoms with Gasteiger partial charge in [0.15, 0.2) is 0 Å². The number of aryl methyl sites for hydroxylation is 1. The molecule has 27 heavy (non-hydrogen) atoms. The molecule has 1 fully saturated rings. The Morgan fingerprint density at radius 2 is 2.00 bits per heavy atom. The van der Waals surface area contributed by atoms with Crippen molar-refractivity contribution in [1.29, 1.82) is 0 Å². The summed E-state index contributed by atoms with van der Waals surface area (Å²) in [5.74, 6) is 0.574. The molecule has 1 aliphatic heterocycles. The molecule has 0 saturated carbocycles. The lowest BCUT2D eigenvalue weighted by atomic mass is 10.0. The van der Waals surface area contributed by atoms with Crippen LogP contribution < -0.4 is 10.1 Å². The molecular formula is C21H16N2O2S2. The van der Waals surface area contributed by atoms with Crippen LogP contribution in [0.1, 0.15) is 11.1 Å². The first-order chi connectivity index (χ1) is 13.0. The SMILES string of the molecule is COc1ccc(C=C2SC(=S)NC2=O)cc1-c1nc2ccccc2cc1C. The maximum absolute atomic E-state index is 11.9. The molecule has 2 heterocycles. The number of thiocarbonyl (C=S) groups is 1. The summed E-state index contributed by atoms with van der Waals surface area (Å²) in [4.78, 5) is 17.4. The number of nitrogens with one attached hydrogen (secondary N) is 1. The highest BCUT2D eigenvalue weighted by Gasteiger charge is 2.22. The molecule has 134 valence electrons. The molecular weight excluding hydrogens is 376 g/mol. The standard InChI is InChI=1S/C21H16N2O2S2/c1-12-9-14-5-3-4-6-16(14)22-19(12)15-10-13(7-8-17(15)25-2)11-18-20(24)23-21(26)27-18/h3-11H,1-2H3,(H,23,24,26). The van der Waals surface area contributed by atoms with Crippen molar-refractivity contribution in [2.24, 2.45) is 0 Å². The first-order valence-electron chi connectivity index (χ1n) is 8.35. The molecule has 0 bridgehead atoms. The first-order valence-corrected chi connectivity index (χ1v) is 9.57. The predicted octanol–water partition coefficient (Wildman–Crippen LogP) is 4.71. The molecule has 0 atom stereocenters. The molecule has 0 spiro atoms. The molecule has 4 nitrogen and oxygen atoms in total. The van der Waals surface area contributed by atoms with Gasteiger partial charge in [0.1, 0.15) is 10.1 Å². The zero-order valence-electron chi connectivity index (χ0n) is 14.8. The summed E-state index contributed by atoms with van der Waals surface area (Å²) in [7, 11) is 1.64. The van der Waals surface area contributed by atoms with Gasteiger partial charge in [0.2, 0.25) is 0 Å². The number of fused-ring (bicyclic) bond motifs is 1. The van der Waals surface area contributed by atoms with Crippen molar-refractivity contribution < 1.29 is 9.53 Å². The number of benzene rings is 2. The minimum Gasteiger partial charge on any atom is -0.496 e. The van der Waals surface area contributed by atoms with E-state index in [4.69, 9.17) is 21.9 Å². The van der Waals surface area contributed by atoms with Gasteiger partial charge in [0.05, 0.1) is 23.2 Å². The van der Waals surface area contributed by atoms with E-state index in [-0.39, 0.29) is 5.91 Å². The van der Waals surface area contributed by atoms with E-state index in [0.29, 0.717) is 9.23 Å². The highest BCUT2D eigenvalue weighted by Crippen LogP contribution is 2.35. The third kappa shape index (κ3) is 3.46. The molecule has 0 unspecified atom stereocenters. The summed E-state index contributed by atoms with van der Waals surface area (Å²) in [5, 5.41) is 3.74. The fourth-order valence-corrected chi connectivity index (χ4v) is 4.11. The van der Waals surface area contributed by atoms with Gasteiger partial charge < -0.3 is 10.1 Å². The zero-order valence-corrected chi connectivity index (χ0v) is 16.4.